The highest BCUT2D eigenvalue weighted by Gasteiger charge is 2.15. The Morgan fingerprint density at radius 2 is 1.68 bits per heavy atom. The van der Waals surface area contributed by atoms with Crippen LogP contribution in [0.2, 0.25) is 5.02 Å². The molecule has 1 atom stereocenters. The zero-order valence-electron chi connectivity index (χ0n) is 16.5. The van der Waals surface area contributed by atoms with Gasteiger partial charge in [0, 0.05) is 16.0 Å². The lowest BCUT2D eigenvalue weighted by molar-refractivity contribution is 0.0181. The van der Waals surface area contributed by atoms with Crippen molar-refractivity contribution in [1.29, 1.82) is 0 Å². The zero-order chi connectivity index (χ0) is 21.8. The van der Waals surface area contributed by atoms with E-state index < -0.39 is 6.10 Å². The summed E-state index contributed by atoms with van der Waals surface area (Å²) in [5, 5.41) is 16.7. The number of aliphatic hydroxyl groups excluding tert-OH is 1. The summed E-state index contributed by atoms with van der Waals surface area (Å²) in [4.78, 5) is 12.9. The molecule has 0 amide bonds. The van der Waals surface area contributed by atoms with E-state index in [0.29, 0.717) is 33.7 Å². The van der Waals surface area contributed by atoms with Gasteiger partial charge in [-0.1, -0.05) is 41.9 Å². The summed E-state index contributed by atoms with van der Waals surface area (Å²) in [5.41, 5.74) is 1.85. The molecule has 0 aliphatic carbocycles. The first-order valence-electron chi connectivity index (χ1n) is 9.77. The molecule has 7 heteroatoms. The number of aliphatic hydroxyl groups is 1. The summed E-state index contributed by atoms with van der Waals surface area (Å²) >= 11 is 5.87. The molecule has 1 heterocycles. The summed E-state index contributed by atoms with van der Waals surface area (Å²) in [6.45, 7) is 0.322. The predicted molar refractivity (Wildman–Crippen MR) is 119 cm³/mol. The van der Waals surface area contributed by atoms with Gasteiger partial charge in [-0.15, -0.1) is 0 Å². The Bertz CT molecular complexity index is 1240. The Hall–Kier alpha value is -3.06. The van der Waals surface area contributed by atoms with Gasteiger partial charge in [-0.05, 0) is 48.0 Å². The van der Waals surface area contributed by atoms with E-state index in [-0.39, 0.29) is 24.5 Å². The molecule has 4 rings (SSSR count). The molecular formula is C24H20ClFN2O3. The van der Waals surface area contributed by atoms with Crippen molar-refractivity contribution >= 4 is 22.4 Å². The molecule has 158 valence electrons. The molecule has 1 N–H and O–H groups in total. The van der Waals surface area contributed by atoms with E-state index in [9.17, 15) is 14.3 Å². The summed E-state index contributed by atoms with van der Waals surface area (Å²) < 4.78 is 20.2. The highest BCUT2D eigenvalue weighted by atomic mass is 35.5. The quantitative estimate of drug-likeness (QED) is 0.463. The number of ether oxygens (including phenoxy) is 1. The van der Waals surface area contributed by atoms with Crippen LogP contribution >= 0.6 is 11.6 Å². The number of fused-ring (bicyclic) bond motifs is 1. The van der Waals surface area contributed by atoms with Crippen molar-refractivity contribution in [2.45, 2.75) is 19.3 Å². The minimum atomic E-state index is -0.931. The SMILES string of the molecule is O=c1c2ccccc2c(-c2ccc(F)cc2)nn1CC(O)COCc1ccc(Cl)cc1. The minimum Gasteiger partial charge on any atom is -0.389 e. The summed E-state index contributed by atoms with van der Waals surface area (Å²) in [6, 6.07) is 20.3. The van der Waals surface area contributed by atoms with Crippen LogP contribution in [0, 0.1) is 5.82 Å². The van der Waals surface area contributed by atoms with Crippen LogP contribution in [-0.4, -0.2) is 27.6 Å². The topological polar surface area (TPSA) is 64.4 Å². The number of hydrogen-bond acceptors (Lipinski definition) is 4. The average Bonchev–Trinajstić information content (AvgIpc) is 2.78. The maximum atomic E-state index is 13.4. The maximum absolute atomic E-state index is 13.4. The van der Waals surface area contributed by atoms with Gasteiger partial charge in [0.05, 0.1) is 36.9 Å². The van der Waals surface area contributed by atoms with Crippen molar-refractivity contribution in [3.8, 4) is 11.3 Å². The predicted octanol–water partition coefficient (Wildman–Crippen LogP) is 4.43. The number of benzene rings is 3. The number of nitrogens with zero attached hydrogens (tertiary/aromatic N) is 2. The molecule has 0 bridgehead atoms. The van der Waals surface area contributed by atoms with E-state index >= 15 is 0 Å². The fraction of sp³-hybridized carbons (Fsp3) is 0.167. The van der Waals surface area contributed by atoms with Gasteiger partial charge >= 0.3 is 0 Å². The van der Waals surface area contributed by atoms with Crippen molar-refractivity contribution in [2.24, 2.45) is 0 Å². The fourth-order valence-corrected chi connectivity index (χ4v) is 3.45. The Morgan fingerprint density at radius 3 is 2.39 bits per heavy atom. The lowest BCUT2D eigenvalue weighted by atomic mass is 10.1. The lowest BCUT2D eigenvalue weighted by Crippen LogP contribution is -2.31. The summed E-state index contributed by atoms with van der Waals surface area (Å²) in [7, 11) is 0. The Morgan fingerprint density at radius 1 is 1.00 bits per heavy atom. The number of aromatic nitrogens is 2. The van der Waals surface area contributed by atoms with E-state index in [4.69, 9.17) is 16.3 Å². The van der Waals surface area contributed by atoms with Crippen LogP contribution < -0.4 is 5.56 Å². The second-order valence-corrected chi connectivity index (χ2v) is 7.62. The Kier molecular flexibility index (Phi) is 6.42. The van der Waals surface area contributed by atoms with Gasteiger partial charge in [-0.25, -0.2) is 9.07 Å². The van der Waals surface area contributed by atoms with E-state index in [2.05, 4.69) is 5.10 Å². The van der Waals surface area contributed by atoms with Crippen molar-refractivity contribution in [2.75, 3.05) is 6.61 Å². The van der Waals surface area contributed by atoms with E-state index in [1.165, 1.54) is 16.8 Å². The van der Waals surface area contributed by atoms with Gasteiger partial charge in [0.15, 0.2) is 0 Å². The van der Waals surface area contributed by atoms with Crippen LogP contribution in [0.1, 0.15) is 5.56 Å². The number of halogens is 2. The molecule has 3 aromatic carbocycles. The number of hydrogen-bond donors (Lipinski definition) is 1. The third-order valence-corrected chi connectivity index (χ3v) is 5.11. The third-order valence-electron chi connectivity index (χ3n) is 4.86. The van der Waals surface area contributed by atoms with Crippen LogP contribution in [0.4, 0.5) is 4.39 Å². The van der Waals surface area contributed by atoms with Crippen molar-refractivity contribution < 1.29 is 14.2 Å². The Balaban J connectivity index is 1.55. The average molecular weight is 439 g/mol. The Labute approximate surface area is 183 Å². The van der Waals surface area contributed by atoms with Crippen LogP contribution in [0.5, 0.6) is 0 Å². The molecule has 0 aliphatic heterocycles. The molecule has 0 saturated carbocycles. The zero-order valence-corrected chi connectivity index (χ0v) is 17.3. The minimum absolute atomic E-state index is 0.0293. The molecule has 31 heavy (non-hydrogen) atoms. The smallest absolute Gasteiger partial charge is 0.274 e. The highest BCUT2D eigenvalue weighted by Crippen LogP contribution is 2.24. The molecule has 0 aliphatic rings. The molecule has 1 unspecified atom stereocenters. The monoisotopic (exact) mass is 438 g/mol. The molecule has 0 spiro atoms. The van der Waals surface area contributed by atoms with E-state index in [1.807, 2.05) is 18.2 Å². The summed E-state index contributed by atoms with van der Waals surface area (Å²) in [5.74, 6) is -0.352. The second kappa shape index (κ2) is 9.39. The highest BCUT2D eigenvalue weighted by molar-refractivity contribution is 6.30. The van der Waals surface area contributed by atoms with Crippen LogP contribution in [0.15, 0.2) is 77.6 Å². The molecular weight excluding hydrogens is 419 g/mol. The molecule has 4 aromatic rings. The largest absolute Gasteiger partial charge is 0.389 e. The van der Waals surface area contributed by atoms with E-state index in [0.717, 1.165) is 5.56 Å². The fourth-order valence-electron chi connectivity index (χ4n) is 3.33. The van der Waals surface area contributed by atoms with Crippen molar-refractivity contribution in [1.82, 2.24) is 9.78 Å². The first kappa shape index (κ1) is 21.2. The molecule has 0 fully saturated rings. The van der Waals surface area contributed by atoms with Crippen LogP contribution in [0.3, 0.4) is 0 Å². The molecule has 5 nitrogen and oxygen atoms in total. The van der Waals surface area contributed by atoms with Gasteiger partial charge in [0.2, 0.25) is 0 Å². The molecule has 1 aromatic heterocycles. The van der Waals surface area contributed by atoms with Crippen LogP contribution in [-0.2, 0) is 17.9 Å². The number of rotatable bonds is 7. The van der Waals surface area contributed by atoms with E-state index in [1.54, 1.807) is 42.5 Å². The van der Waals surface area contributed by atoms with Gasteiger partial charge in [0.25, 0.3) is 5.56 Å². The lowest BCUT2D eigenvalue weighted by Gasteiger charge is -2.15. The standard InChI is InChI=1S/C24H20ClFN2O3/c25-18-9-5-16(6-10-18)14-31-15-20(29)13-28-24(30)22-4-2-1-3-21(22)23(27-28)17-7-11-19(26)12-8-17/h1-12,20,29H,13-15H2. The third kappa shape index (κ3) is 4.99. The molecule has 0 radical (unpaired) electrons. The molecule has 0 saturated heterocycles. The van der Waals surface area contributed by atoms with Gasteiger partial charge in [-0.2, -0.15) is 5.10 Å². The first-order chi connectivity index (χ1) is 15.0. The van der Waals surface area contributed by atoms with Gasteiger partial charge in [-0.3, -0.25) is 4.79 Å². The summed E-state index contributed by atoms with van der Waals surface area (Å²) in [6.07, 6.45) is -0.931. The maximum Gasteiger partial charge on any atom is 0.274 e. The van der Waals surface area contributed by atoms with Gasteiger partial charge in [0.1, 0.15) is 5.82 Å². The van der Waals surface area contributed by atoms with Crippen molar-refractivity contribution in [3.05, 3.63) is 99.6 Å². The van der Waals surface area contributed by atoms with Crippen molar-refractivity contribution in [3.63, 3.8) is 0 Å². The first-order valence-corrected chi connectivity index (χ1v) is 10.1. The second-order valence-electron chi connectivity index (χ2n) is 7.18. The van der Waals surface area contributed by atoms with Crippen LogP contribution in [0.25, 0.3) is 22.0 Å². The van der Waals surface area contributed by atoms with Gasteiger partial charge < -0.3 is 9.84 Å². The normalized spacial score (nSPS) is 12.2.